The molecule has 9 heteroatoms. The smallest absolute Gasteiger partial charge is 0.305 e. The standard InChI is InChI=1S/C57H113N5O4/c1-6-11-16-20-24-28-32-41-58(45-37-38-57(65)66-54-36-15-10-5)46-39-55(63)61-50-52-62(53-51-61)56(64)40-47-60(44-35-31-27-23-19-14-9-4)49-48-59(42-33-29-25-21-17-12-7-2)43-34-30-26-22-18-13-8-3/h6-54H2,1-5H3. The SMILES string of the molecule is CCCCCCCCCN(CCCC(=O)OCCCCC)CCC(=O)N1CCN(C(=O)CCN(CCCCCCCCC)CCN(CCCCCCCCC)CCCCCCCCC)CC1. The minimum absolute atomic E-state index is 0.0961. The van der Waals surface area contributed by atoms with E-state index in [0.717, 1.165) is 77.9 Å². The van der Waals surface area contributed by atoms with Crippen molar-refractivity contribution in [3.05, 3.63) is 0 Å². The highest BCUT2D eigenvalue weighted by Crippen LogP contribution is 2.15. The fourth-order valence-electron chi connectivity index (χ4n) is 9.55. The van der Waals surface area contributed by atoms with E-state index in [1.807, 2.05) is 9.80 Å². The summed E-state index contributed by atoms with van der Waals surface area (Å²) in [4.78, 5) is 51.4. The Balaban J connectivity index is 2.71. The van der Waals surface area contributed by atoms with Crippen LogP contribution in [-0.4, -0.2) is 134 Å². The van der Waals surface area contributed by atoms with Crippen molar-refractivity contribution in [3.63, 3.8) is 0 Å². The maximum Gasteiger partial charge on any atom is 0.305 e. The van der Waals surface area contributed by atoms with Gasteiger partial charge in [-0.05, 0) is 71.2 Å². The Labute approximate surface area is 411 Å². The van der Waals surface area contributed by atoms with Crippen LogP contribution in [0.25, 0.3) is 0 Å². The van der Waals surface area contributed by atoms with E-state index < -0.39 is 0 Å². The summed E-state index contributed by atoms with van der Waals surface area (Å²) in [5.41, 5.74) is 0. The van der Waals surface area contributed by atoms with Gasteiger partial charge in [0.05, 0.1) is 6.61 Å². The Morgan fingerprint density at radius 2 is 0.591 bits per heavy atom. The van der Waals surface area contributed by atoms with E-state index in [9.17, 15) is 14.4 Å². The van der Waals surface area contributed by atoms with Crippen molar-refractivity contribution >= 4 is 17.8 Å². The summed E-state index contributed by atoms with van der Waals surface area (Å²) >= 11 is 0. The van der Waals surface area contributed by atoms with Gasteiger partial charge in [0.15, 0.2) is 0 Å². The number of hydrogen-bond donors (Lipinski definition) is 0. The first kappa shape index (κ1) is 62.3. The highest BCUT2D eigenvalue weighted by molar-refractivity contribution is 5.78. The van der Waals surface area contributed by atoms with Crippen LogP contribution in [0, 0.1) is 0 Å². The highest BCUT2D eigenvalue weighted by atomic mass is 16.5. The van der Waals surface area contributed by atoms with Crippen molar-refractivity contribution in [3.8, 4) is 0 Å². The average Bonchev–Trinajstić information content (AvgIpc) is 3.33. The molecule has 0 aromatic rings. The van der Waals surface area contributed by atoms with Gasteiger partial charge in [-0.3, -0.25) is 14.4 Å². The summed E-state index contributed by atoms with van der Waals surface area (Å²) in [6, 6.07) is 0. The summed E-state index contributed by atoms with van der Waals surface area (Å²) < 4.78 is 5.46. The second kappa shape index (κ2) is 47.0. The third kappa shape index (κ3) is 37.2. The molecule has 0 aromatic heterocycles. The molecule has 2 amide bonds. The Bertz CT molecular complexity index is 1070. The normalized spacial score (nSPS) is 13.2. The number of esters is 1. The van der Waals surface area contributed by atoms with E-state index in [2.05, 4.69) is 49.3 Å². The second-order valence-corrected chi connectivity index (χ2v) is 20.3. The zero-order chi connectivity index (χ0) is 48.0. The summed E-state index contributed by atoms with van der Waals surface area (Å²) in [5.74, 6) is 0.348. The fourth-order valence-corrected chi connectivity index (χ4v) is 9.55. The van der Waals surface area contributed by atoms with E-state index in [1.165, 1.54) is 186 Å². The van der Waals surface area contributed by atoms with Crippen LogP contribution in [0.15, 0.2) is 0 Å². The average molecular weight is 933 g/mol. The summed E-state index contributed by atoms with van der Waals surface area (Å²) in [6.45, 7) is 23.4. The van der Waals surface area contributed by atoms with Gasteiger partial charge in [0.25, 0.3) is 0 Å². The van der Waals surface area contributed by atoms with Crippen molar-refractivity contribution in [2.24, 2.45) is 0 Å². The van der Waals surface area contributed by atoms with E-state index in [4.69, 9.17) is 4.74 Å². The first-order chi connectivity index (χ1) is 32.4. The van der Waals surface area contributed by atoms with E-state index in [1.54, 1.807) is 0 Å². The van der Waals surface area contributed by atoms with E-state index in [0.29, 0.717) is 52.0 Å². The predicted molar refractivity (Wildman–Crippen MR) is 283 cm³/mol. The number of carbonyl (C=O) groups is 3. The van der Waals surface area contributed by atoms with Crippen molar-refractivity contribution in [1.29, 1.82) is 0 Å². The molecule has 1 saturated heterocycles. The molecule has 0 atom stereocenters. The molecule has 66 heavy (non-hydrogen) atoms. The van der Waals surface area contributed by atoms with Crippen LogP contribution in [0.2, 0.25) is 0 Å². The number of carbonyl (C=O) groups excluding carboxylic acids is 3. The zero-order valence-corrected chi connectivity index (χ0v) is 45.0. The molecule has 1 aliphatic heterocycles. The summed E-state index contributed by atoms with van der Waals surface area (Å²) in [5, 5.41) is 0. The summed E-state index contributed by atoms with van der Waals surface area (Å²) in [7, 11) is 0. The Morgan fingerprint density at radius 3 is 0.939 bits per heavy atom. The lowest BCUT2D eigenvalue weighted by Crippen LogP contribution is -2.51. The maximum absolute atomic E-state index is 13.7. The van der Waals surface area contributed by atoms with Gasteiger partial charge in [0.2, 0.25) is 11.8 Å². The highest BCUT2D eigenvalue weighted by Gasteiger charge is 2.25. The van der Waals surface area contributed by atoms with Gasteiger partial charge >= 0.3 is 5.97 Å². The molecular formula is C57H113N5O4. The van der Waals surface area contributed by atoms with Gasteiger partial charge in [0, 0.05) is 71.6 Å². The number of ether oxygens (including phenoxy) is 1. The molecule has 0 radical (unpaired) electrons. The topological polar surface area (TPSA) is 76.6 Å². The largest absolute Gasteiger partial charge is 0.466 e. The van der Waals surface area contributed by atoms with Crippen LogP contribution < -0.4 is 0 Å². The number of amides is 2. The van der Waals surface area contributed by atoms with Crippen molar-refractivity contribution in [2.75, 3.05) is 91.7 Å². The lowest BCUT2D eigenvalue weighted by atomic mass is 10.1. The zero-order valence-electron chi connectivity index (χ0n) is 45.0. The number of nitrogens with zero attached hydrogens (tertiary/aromatic N) is 5. The molecule has 0 unspecified atom stereocenters. The van der Waals surface area contributed by atoms with Crippen LogP contribution >= 0.6 is 0 Å². The van der Waals surface area contributed by atoms with Gasteiger partial charge in [-0.25, -0.2) is 0 Å². The van der Waals surface area contributed by atoms with Crippen molar-refractivity contribution in [2.45, 2.75) is 259 Å². The Morgan fingerprint density at radius 1 is 0.318 bits per heavy atom. The fraction of sp³-hybridized carbons (Fsp3) is 0.947. The molecular weight excluding hydrogens is 819 g/mol. The van der Waals surface area contributed by atoms with E-state index in [-0.39, 0.29) is 17.8 Å². The molecule has 0 spiro atoms. The van der Waals surface area contributed by atoms with Gasteiger partial charge in [-0.15, -0.1) is 0 Å². The second-order valence-electron chi connectivity index (χ2n) is 20.3. The molecule has 1 heterocycles. The van der Waals surface area contributed by atoms with Crippen LogP contribution in [0.5, 0.6) is 0 Å². The molecule has 0 N–H and O–H groups in total. The molecule has 0 bridgehead atoms. The summed E-state index contributed by atoms with van der Waals surface area (Å²) in [6.07, 6.45) is 42.4. The first-order valence-corrected chi connectivity index (χ1v) is 29.3. The van der Waals surface area contributed by atoms with Gasteiger partial charge in [0.1, 0.15) is 0 Å². The van der Waals surface area contributed by atoms with Crippen molar-refractivity contribution in [1.82, 2.24) is 24.5 Å². The molecule has 1 rings (SSSR count). The number of rotatable bonds is 49. The van der Waals surface area contributed by atoms with Crippen LogP contribution in [-0.2, 0) is 19.1 Å². The molecule has 1 aliphatic rings. The molecule has 9 nitrogen and oxygen atoms in total. The van der Waals surface area contributed by atoms with Gasteiger partial charge < -0.3 is 29.2 Å². The molecule has 0 aromatic carbocycles. The maximum atomic E-state index is 13.7. The Hall–Kier alpha value is -1.71. The monoisotopic (exact) mass is 932 g/mol. The molecule has 0 aliphatic carbocycles. The van der Waals surface area contributed by atoms with Crippen LogP contribution in [0.3, 0.4) is 0 Å². The quantitative estimate of drug-likeness (QED) is 0.0444. The molecule has 1 fully saturated rings. The number of piperazine rings is 1. The van der Waals surface area contributed by atoms with Gasteiger partial charge in [-0.1, -0.05) is 202 Å². The van der Waals surface area contributed by atoms with Gasteiger partial charge in [-0.2, -0.15) is 0 Å². The first-order valence-electron chi connectivity index (χ1n) is 29.3. The minimum atomic E-state index is -0.0961. The van der Waals surface area contributed by atoms with Crippen LogP contribution in [0.4, 0.5) is 0 Å². The van der Waals surface area contributed by atoms with Crippen molar-refractivity contribution < 1.29 is 19.1 Å². The number of unbranched alkanes of at least 4 members (excludes halogenated alkanes) is 26. The third-order valence-electron chi connectivity index (χ3n) is 14.2. The lowest BCUT2D eigenvalue weighted by molar-refractivity contribution is -0.144. The minimum Gasteiger partial charge on any atom is -0.466 e. The van der Waals surface area contributed by atoms with Crippen LogP contribution in [0.1, 0.15) is 259 Å². The lowest BCUT2D eigenvalue weighted by Gasteiger charge is -2.36. The molecule has 0 saturated carbocycles. The third-order valence-corrected chi connectivity index (χ3v) is 14.2. The predicted octanol–water partition coefficient (Wildman–Crippen LogP) is 13.9. The molecule has 390 valence electrons. The Kier molecular flexibility index (Phi) is 44.4. The van der Waals surface area contributed by atoms with E-state index >= 15 is 0 Å². The number of hydrogen-bond acceptors (Lipinski definition) is 7.